The van der Waals surface area contributed by atoms with Gasteiger partial charge in [0.2, 0.25) is 5.91 Å². The van der Waals surface area contributed by atoms with Gasteiger partial charge in [-0.25, -0.2) is 0 Å². The van der Waals surface area contributed by atoms with Crippen molar-refractivity contribution in [3.63, 3.8) is 0 Å². The first-order valence-corrected chi connectivity index (χ1v) is 6.32. The minimum Gasteiger partial charge on any atom is -0.375 e. The summed E-state index contributed by atoms with van der Waals surface area (Å²) < 4.78 is 5.44. The predicted molar refractivity (Wildman–Crippen MR) is 69.2 cm³/mol. The number of carbonyl (C=O) groups excluding carboxylic acids is 1. The summed E-state index contributed by atoms with van der Waals surface area (Å²) in [7, 11) is 0. The standard InChI is InChI=1S/C12H22N2O2.ClH/c1-10-9-14(7-8-16-10)11(15)12(13)5-3-2-4-6-12;/h10H,2-9,13H2,1H3;1H. The summed E-state index contributed by atoms with van der Waals surface area (Å²) in [6.45, 7) is 4.03. The molecule has 2 aliphatic rings. The van der Waals surface area contributed by atoms with Crippen LogP contribution in [0.25, 0.3) is 0 Å². The fourth-order valence-electron chi connectivity index (χ4n) is 2.71. The maximum absolute atomic E-state index is 12.4. The Bertz CT molecular complexity index is 267. The van der Waals surface area contributed by atoms with E-state index in [2.05, 4.69) is 0 Å². The topological polar surface area (TPSA) is 55.6 Å². The van der Waals surface area contributed by atoms with Crippen LogP contribution in [0, 0.1) is 0 Å². The van der Waals surface area contributed by atoms with E-state index in [0.29, 0.717) is 19.7 Å². The van der Waals surface area contributed by atoms with Gasteiger partial charge in [-0.2, -0.15) is 0 Å². The van der Waals surface area contributed by atoms with Gasteiger partial charge in [0.1, 0.15) is 0 Å². The quantitative estimate of drug-likeness (QED) is 0.775. The van der Waals surface area contributed by atoms with Crippen molar-refractivity contribution in [3.05, 3.63) is 0 Å². The molecule has 2 N–H and O–H groups in total. The van der Waals surface area contributed by atoms with E-state index in [1.807, 2.05) is 11.8 Å². The molecule has 1 heterocycles. The second-order valence-electron chi connectivity index (χ2n) is 5.15. The maximum Gasteiger partial charge on any atom is 0.242 e. The molecule has 0 radical (unpaired) electrons. The number of halogens is 1. The van der Waals surface area contributed by atoms with Crippen LogP contribution in [0.3, 0.4) is 0 Å². The summed E-state index contributed by atoms with van der Waals surface area (Å²) in [4.78, 5) is 14.3. The van der Waals surface area contributed by atoms with Gasteiger partial charge in [0, 0.05) is 13.1 Å². The summed E-state index contributed by atoms with van der Waals surface area (Å²) >= 11 is 0. The van der Waals surface area contributed by atoms with E-state index in [1.165, 1.54) is 6.42 Å². The molecule has 1 amide bonds. The molecule has 0 aromatic rings. The summed E-state index contributed by atoms with van der Waals surface area (Å²) in [5.41, 5.74) is 5.66. The number of nitrogens with zero attached hydrogens (tertiary/aromatic N) is 1. The van der Waals surface area contributed by atoms with Crippen LogP contribution < -0.4 is 5.73 Å². The molecule has 2 rings (SSSR count). The minimum absolute atomic E-state index is 0. The monoisotopic (exact) mass is 262 g/mol. The highest BCUT2D eigenvalue weighted by Gasteiger charge is 2.39. The largest absolute Gasteiger partial charge is 0.375 e. The van der Waals surface area contributed by atoms with Crippen molar-refractivity contribution < 1.29 is 9.53 Å². The highest BCUT2D eigenvalue weighted by molar-refractivity contribution is 5.86. The molecule has 5 heteroatoms. The normalized spacial score (nSPS) is 28.4. The predicted octanol–water partition coefficient (Wildman–Crippen LogP) is 1.32. The van der Waals surface area contributed by atoms with E-state index in [0.717, 1.165) is 25.7 Å². The minimum atomic E-state index is -0.588. The van der Waals surface area contributed by atoms with Crippen LogP contribution in [0.1, 0.15) is 39.0 Å². The van der Waals surface area contributed by atoms with Crippen molar-refractivity contribution in [1.29, 1.82) is 0 Å². The molecule has 1 saturated heterocycles. The number of hydrogen-bond acceptors (Lipinski definition) is 3. The van der Waals surface area contributed by atoms with Crippen LogP contribution in [-0.4, -0.2) is 42.1 Å². The Kier molecular flexibility index (Phi) is 5.22. The van der Waals surface area contributed by atoms with Gasteiger partial charge in [-0.05, 0) is 19.8 Å². The molecule has 0 aromatic carbocycles. The van der Waals surface area contributed by atoms with Crippen LogP contribution in [0.4, 0.5) is 0 Å². The highest BCUT2D eigenvalue weighted by atomic mass is 35.5. The van der Waals surface area contributed by atoms with Crippen molar-refractivity contribution in [2.75, 3.05) is 19.7 Å². The third-order valence-electron chi connectivity index (χ3n) is 3.70. The number of ether oxygens (including phenoxy) is 1. The Balaban J connectivity index is 0.00000144. The number of hydrogen-bond donors (Lipinski definition) is 1. The average Bonchev–Trinajstić information content (AvgIpc) is 2.29. The maximum atomic E-state index is 12.4. The van der Waals surface area contributed by atoms with Gasteiger partial charge < -0.3 is 15.4 Å². The molecule has 1 aliphatic heterocycles. The summed E-state index contributed by atoms with van der Waals surface area (Å²) in [6.07, 6.45) is 5.22. The van der Waals surface area contributed by atoms with Crippen molar-refractivity contribution in [2.45, 2.75) is 50.7 Å². The van der Waals surface area contributed by atoms with E-state index in [9.17, 15) is 4.79 Å². The molecule has 4 nitrogen and oxygen atoms in total. The molecule has 1 unspecified atom stereocenters. The number of rotatable bonds is 1. The molecule has 1 atom stereocenters. The fourth-order valence-corrected chi connectivity index (χ4v) is 2.71. The van der Waals surface area contributed by atoms with E-state index in [1.54, 1.807) is 0 Å². The molecule has 2 fully saturated rings. The Hall–Kier alpha value is -0.320. The van der Waals surface area contributed by atoms with Crippen molar-refractivity contribution in [2.24, 2.45) is 5.73 Å². The number of nitrogens with two attached hydrogens (primary N) is 1. The smallest absolute Gasteiger partial charge is 0.242 e. The van der Waals surface area contributed by atoms with E-state index >= 15 is 0 Å². The zero-order valence-electron chi connectivity index (χ0n) is 10.5. The van der Waals surface area contributed by atoms with Crippen molar-refractivity contribution in [3.8, 4) is 0 Å². The lowest BCUT2D eigenvalue weighted by Gasteiger charge is -2.39. The lowest BCUT2D eigenvalue weighted by atomic mass is 9.81. The second kappa shape index (κ2) is 6.03. The molecule has 1 saturated carbocycles. The van der Waals surface area contributed by atoms with Crippen LogP contribution in [0.5, 0.6) is 0 Å². The zero-order valence-corrected chi connectivity index (χ0v) is 11.3. The van der Waals surface area contributed by atoms with Crippen LogP contribution in [0.2, 0.25) is 0 Å². The molecule has 1 aliphatic carbocycles. The number of morpholine rings is 1. The summed E-state index contributed by atoms with van der Waals surface area (Å²) in [5.74, 6) is 0.141. The van der Waals surface area contributed by atoms with Crippen molar-refractivity contribution in [1.82, 2.24) is 4.90 Å². The Morgan fingerprint density at radius 1 is 1.35 bits per heavy atom. The van der Waals surface area contributed by atoms with Gasteiger partial charge in [0.05, 0.1) is 18.2 Å². The lowest BCUT2D eigenvalue weighted by molar-refractivity contribution is -0.145. The third kappa shape index (κ3) is 3.33. The van der Waals surface area contributed by atoms with Gasteiger partial charge in [-0.15, -0.1) is 12.4 Å². The van der Waals surface area contributed by atoms with Crippen LogP contribution in [0.15, 0.2) is 0 Å². The molecule has 0 spiro atoms. The molecule has 100 valence electrons. The molecular weight excluding hydrogens is 240 g/mol. The molecular formula is C12H23ClN2O2. The zero-order chi connectivity index (χ0) is 11.6. The van der Waals surface area contributed by atoms with E-state index < -0.39 is 5.54 Å². The average molecular weight is 263 g/mol. The van der Waals surface area contributed by atoms with Gasteiger partial charge >= 0.3 is 0 Å². The van der Waals surface area contributed by atoms with Crippen molar-refractivity contribution >= 4 is 18.3 Å². The molecule has 0 aromatic heterocycles. The third-order valence-corrected chi connectivity index (χ3v) is 3.70. The van der Waals surface area contributed by atoms with Gasteiger partial charge in [-0.3, -0.25) is 4.79 Å². The van der Waals surface area contributed by atoms with Crippen LogP contribution in [-0.2, 0) is 9.53 Å². The van der Waals surface area contributed by atoms with E-state index in [4.69, 9.17) is 10.5 Å². The van der Waals surface area contributed by atoms with Gasteiger partial charge in [-0.1, -0.05) is 19.3 Å². The highest BCUT2D eigenvalue weighted by Crippen LogP contribution is 2.28. The molecule has 17 heavy (non-hydrogen) atoms. The van der Waals surface area contributed by atoms with E-state index in [-0.39, 0.29) is 24.4 Å². The molecule has 0 bridgehead atoms. The summed E-state index contributed by atoms with van der Waals surface area (Å²) in [5, 5.41) is 0. The first kappa shape index (κ1) is 14.7. The first-order valence-electron chi connectivity index (χ1n) is 6.32. The van der Waals surface area contributed by atoms with Crippen LogP contribution >= 0.6 is 12.4 Å². The SMILES string of the molecule is CC1CN(C(=O)C2(N)CCCCC2)CCO1.Cl. The number of carbonyl (C=O) groups is 1. The Labute approximate surface area is 109 Å². The fraction of sp³-hybridized carbons (Fsp3) is 0.917. The van der Waals surface area contributed by atoms with Gasteiger partial charge in [0.25, 0.3) is 0 Å². The lowest BCUT2D eigenvalue weighted by Crippen LogP contribution is -2.59. The summed E-state index contributed by atoms with van der Waals surface area (Å²) in [6, 6.07) is 0. The first-order chi connectivity index (χ1) is 7.62. The Morgan fingerprint density at radius 2 is 2.00 bits per heavy atom. The Morgan fingerprint density at radius 3 is 2.59 bits per heavy atom. The van der Waals surface area contributed by atoms with Gasteiger partial charge in [0.15, 0.2) is 0 Å². The second-order valence-corrected chi connectivity index (χ2v) is 5.15. The number of amides is 1.